The molecule has 0 spiro atoms. The molecule has 0 saturated heterocycles. The van der Waals surface area contributed by atoms with Crippen molar-refractivity contribution in [2.45, 2.75) is 19.2 Å². The second kappa shape index (κ2) is 3.72. The van der Waals surface area contributed by atoms with Gasteiger partial charge in [0.2, 0.25) is 0 Å². The van der Waals surface area contributed by atoms with Crippen LogP contribution in [0.15, 0.2) is 12.1 Å². The first-order valence-corrected chi connectivity index (χ1v) is 5.17. The first-order chi connectivity index (χ1) is 7.79. The average molecular weight is 246 g/mol. The van der Waals surface area contributed by atoms with Gasteiger partial charge in [-0.05, 0) is 19.1 Å². The van der Waals surface area contributed by atoms with Gasteiger partial charge in [0.25, 0.3) is 0 Å². The number of benzene rings is 1. The van der Waals surface area contributed by atoms with Gasteiger partial charge in [0.15, 0.2) is 5.75 Å². The molecule has 3 nitrogen and oxygen atoms in total. The third kappa shape index (κ3) is 2.11. The molecule has 17 heavy (non-hydrogen) atoms. The molecule has 1 aliphatic rings. The largest absolute Gasteiger partial charge is 0.485 e. The fourth-order valence-electron chi connectivity index (χ4n) is 1.93. The van der Waals surface area contributed by atoms with Crippen LogP contribution < -0.4 is 15.4 Å². The van der Waals surface area contributed by atoms with E-state index < -0.39 is 11.7 Å². The van der Waals surface area contributed by atoms with Crippen LogP contribution in [0.4, 0.5) is 24.5 Å². The van der Waals surface area contributed by atoms with Crippen LogP contribution in [0.1, 0.15) is 12.5 Å². The number of anilines is 2. The third-order valence-corrected chi connectivity index (χ3v) is 2.69. The van der Waals surface area contributed by atoms with Gasteiger partial charge in [-0.3, -0.25) is 0 Å². The molecule has 0 bridgehead atoms. The van der Waals surface area contributed by atoms with E-state index in [-0.39, 0.29) is 11.8 Å². The lowest BCUT2D eigenvalue weighted by molar-refractivity contribution is -0.137. The Balaban J connectivity index is 2.54. The van der Waals surface area contributed by atoms with E-state index in [4.69, 9.17) is 10.5 Å². The van der Waals surface area contributed by atoms with Crippen LogP contribution >= 0.6 is 0 Å². The van der Waals surface area contributed by atoms with E-state index in [1.165, 1.54) is 0 Å². The highest BCUT2D eigenvalue weighted by molar-refractivity contribution is 5.73. The molecule has 2 N–H and O–H groups in total. The van der Waals surface area contributed by atoms with Gasteiger partial charge in [-0.15, -0.1) is 0 Å². The van der Waals surface area contributed by atoms with Gasteiger partial charge < -0.3 is 15.4 Å². The van der Waals surface area contributed by atoms with E-state index in [0.29, 0.717) is 18.0 Å². The third-order valence-electron chi connectivity index (χ3n) is 2.69. The predicted octanol–water partition coefficient (Wildman–Crippen LogP) is 2.50. The average Bonchev–Trinajstić information content (AvgIpc) is 2.17. The summed E-state index contributed by atoms with van der Waals surface area (Å²) in [7, 11) is 1.72. The fraction of sp³-hybridized carbons (Fsp3) is 0.455. The van der Waals surface area contributed by atoms with Crippen molar-refractivity contribution < 1.29 is 17.9 Å². The standard InChI is InChI=1S/C11H13F3N2O/c1-6-5-16(2)9-4-7(11(12,13)14)3-8(15)10(9)17-6/h3-4,6H,5,15H2,1-2H3. The van der Waals surface area contributed by atoms with Crippen molar-refractivity contribution in [3.05, 3.63) is 17.7 Å². The van der Waals surface area contributed by atoms with Crippen molar-refractivity contribution in [3.63, 3.8) is 0 Å². The van der Waals surface area contributed by atoms with Crippen LogP contribution in [0, 0.1) is 0 Å². The van der Waals surface area contributed by atoms with E-state index in [9.17, 15) is 13.2 Å². The van der Waals surface area contributed by atoms with Crippen LogP contribution in [-0.2, 0) is 6.18 Å². The van der Waals surface area contributed by atoms with Crippen molar-refractivity contribution in [2.24, 2.45) is 0 Å². The highest BCUT2D eigenvalue weighted by Gasteiger charge is 2.34. The lowest BCUT2D eigenvalue weighted by Gasteiger charge is -2.33. The first kappa shape index (κ1) is 11.9. The lowest BCUT2D eigenvalue weighted by Crippen LogP contribution is -2.36. The number of halogens is 3. The maximum Gasteiger partial charge on any atom is 0.416 e. The first-order valence-electron chi connectivity index (χ1n) is 5.17. The minimum atomic E-state index is -4.40. The molecule has 1 heterocycles. The second-order valence-corrected chi connectivity index (χ2v) is 4.22. The Morgan fingerprint density at radius 3 is 2.65 bits per heavy atom. The predicted molar refractivity (Wildman–Crippen MR) is 59.2 cm³/mol. The van der Waals surface area contributed by atoms with Gasteiger partial charge in [-0.1, -0.05) is 0 Å². The summed E-state index contributed by atoms with van der Waals surface area (Å²) < 4.78 is 43.3. The van der Waals surface area contributed by atoms with Gasteiger partial charge in [0.1, 0.15) is 6.10 Å². The van der Waals surface area contributed by atoms with Crippen molar-refractivity contribution in [1.29, 1.82) is 0 Å². The molecule has 94 valence electrons. The van der Waals surface area contributed by atoms with Gasteiger partial charge in [-0.2, -0.15) is 13.2 Å². The van der Waals surface area contributed by atoms with Gasteiger partial charge in [0.05, 0.1) is 23.5 Å². The molecule has 1 unspecified atom stereocenters. The van der Waals surface area contributed by atoms with Crippen LogP contribution in [-0.4, -0.2) is 19.7 Å². The van der Waals surface area contributed by atoms with E-state index in [2.05, 4.69) is 0 Å². The molecular weight excluding hydrogens is 233 g/mol. The Labute approximate surface area is 97.0 Å². The Hall–Kier alpha value is -1.59. The topological polar surface area (TPSA) is 38.5 Å². The second-order valence-electron chi connectivity index (χ2n) is 4.22. The number of alkyl halides is 3. The maximum atomic E-state index is 12.6. The number of hydrogen-bond donors (Lipinski definition) is 1. The molecule has 1 atom stereocenters. The number of ether oxygens (including phenoxy) is 1. The van der Waals surface area contributed by atoms with Crippen LogP contribution in [0.3, 0.4) is 0 Å². The van der Waals surface area contributed by atoms with Gasteiger partial charge in [0, 0.05) is 7.05 Å². The number of nitrogens with zero attached hydrogens (tertiary/aromatic N) is 1. The quantitative estimate of drug-likeness (QED) is 0.715. The lowest BCUT2D eigenvalue weighted by atomic mass is 10.1. The highest BCUT2D eigenvalue weighted by atomic mass is 19.4. The molecule has 1 aliphatic heterocycles. The minimum absolute atomic E-state index is 0.0215. The SMILES string of the molecule is CC1CN(C)c2cc(C(F)(F)F)cc(N)c2O1. The molecular formula is C11H13F3N2O. The summed E-state index contributed by atoms with van der Waals surface area (Å²) in [4.78, 5) is 1.72. The van der Waals surface area contributed by atoms with E-state index in [1.54, 1.807) is 11.9 Å². The summed E-state index contributed by atoms with van der Waals surface area (Å²) in [5, 5.41) is 0. The molecule has 0 saturated carbocycles. The Morgan fingerprint density at radius 1 is 1.41 bits per heavy atom. The number of hydrogen-bond acceptors (Lipinski definition) is 3. The molecule has 0 aromatic heterocycles. The molecule has 6 heteroatoms. The van der Waals surface area contributed by atoms with Crippen LogP contribution in [0.25, 0.3) is 0 Å². The number of likely N-dealkylation sites (N-methyl/N-ethyl adjacent to an activating group) is 1. The van der Waals surface area contributed by atoms with Crippen molar-refractivity contribution in [3.8, 4) is 5.75 Å². The number of fused-ring (bicyclic) bond motifs is 1. The fourth-order valence-corrected chi connectivity index (χ4v) is 1.93. The summed E-state index contributed by atoms with van der Waals surface area (Å²) in [5.74, 6) is 0.333. The summed E-state index contributed by atoms with van der Waals surface area (Å²) in [6.07, 6.45) is -4.49. The summed E-state index contributed by atoms with van der Waals surface area (Å²) in [6, 6.07) is 1.97. The van der Waals surface area contributed by atoms with Crippen LogP contribution in [0.2, 0.25) is 0 Å². The zero-order chi connectivity index (χ0) is 12.8. The van der Waals surface area contributed by atoms with E-state index >= 15 is 0 Å². The molecule has 0 radical (unpaired) electrons. The Bertz CT molecular complexity index is 445. The van der Waals surface area contributed by atoms with Crippen molar-refractivity contribution in [2.75, 3.05) is 24.2 Å². The van der Waals surface area contributed by atoms with Gasteiger partial charge >= 0.3 is 6.18 Å². The van der Waals surface area contributed by atoms with Gasteiger partial charge in [-0.25, -0.2) is 0 Å². The maximum absolute atomic E-state index is 12.6. The summed E-state index contributed by atoms with van der Waals surface area (Å²) >= 11 is 0. The Morgan fingerprint density at radius 2 is 2.06 bits per heavy atom. The van der Waals surface area contributed by atoms with Crippen LogP contribution in [0.5, 0.6) is 5.75 Å². The van der Waals surface area contributed by atoms with Crippen molar-refractivity contribution >= 4 is 11.4 Å². The molecule has 1 aromatic carbocycles. The smallest absolute Gasteiger partial charge is 0.416 e. The van der Waals surface area contributed by atoms with Crippen molar-refractivity contribution in [1.82, 2.24) is 0 Å². The summed E-state index contributed by atoms with van der Waals surface area (Å²) in [6.45, 7) is 2.38. The Kier molecular flexibility index (Phi) is 2.60. The van der Waals surface area contributed by atoms with E-state index in [1.807, 2.05) is 6.92 Å². The monoisotopic (exact) mass is 246 g/mol. The molecule has 0 fully saturated rings. The number of nitrogen functional groups attached to an aromatic ring is 1. The molecule has 0 amide bonds. The molecule has 0 aliphatic carbocycles. The van der Waals surface area contributed by atoms with E-state index in [0.717, 1.165) is 12.1 Å². The normalized spacial score (nSPS) is 19.8. The summed E-state index contributed by atoms with van der Waals surface area (Å²) in [5.41, 5.74) is 5.27. The minimum Gasteiger partial charge on any atom is -0.485 e. The number of nitrogens with two attached hydrogens (primary N) is 1. The highest BCUT2D eigenvalue weighted by Crippen LogP contribution is 2.42. The zero-order valence-corrected chi connectivity index (χ0v) is 9.51. The number of rotatable bonds is 0. The zero-order valence-electron chi connectivity index (χ0n) is 9.51. The molecule has 2 rings (SSSR count). The molecule has 1 aromatic rings.